The molecule has 11 heavy (non-hydrogen) atoms. The van der Waals surface area contributed by atoms with Crippen molar-refractivity contribution >= 4 is 0 Å². The minimum Gasteiger partial charge on any atom is -0.198 e. The molecule has 2 nitrogen and oxygen atoms in total. The molecule has 0 bridgehead atoms. The van der Waals surface area contributed by atoms with Crippen molar-refractivity contribution in [2.24, 2.45) is 11.8 Å². The molecule has 0 fully saturated rings. The van der Waals surface area contributed by atoms with Gasteiger partial charge >= 0.3 is 0 Å². The fourth-order valence-corrected chi connectivity index (χ4v) is 1.13. The van der Waals surface area contributed by atoms with E-state index >= 15 is 0 Å². The van der Waals surface area contributed by atoms with Gasteiger partial charge in [-0.05, 0) is 12.8 Å². The summed E-state index contributed by atoms with van der Waals surface area (Å²) in [6.07, 6.45) is 2.62. The van der Waals surface area contributed by atoms with E-state index in [0.717, 1.165) is 19.3 Å². The number of rotatable bonds is 4. The molecule has 0 aliphatic rings. The van der Waals surface area contributed by atoms with Gasteiger partial charge in [-0.2, -0.15) is 10.5 Å². The number of hydrogen-bond acceptors (Lipinski definition) is 2. The van der Waals surface area contributed by atoms with Gasteiger partial charge in [0, 0.05) is 0 Å². The van der Waals surface area contributed by atoms with Crippen molar-refractivity contribution in [1.29, 1.82) is 10.5 Å². The molecule has 0 rings (SSSR count). The van der Waals surface area contributed by atoms with E-state index in [2.05, 4.69) is 12.1 Å². The van der Waals surface area contributed by atoms with Gasteiger partial charge in [0.05, 0.1) is 24.0 Å². The largest absolute Gasteiger partial charge is 0.198 e. The second-order valence-corrected chi connectivity index (χ2v) is 2.67. The highest BCUT2D eigenvalue weighted by Gasteiger charge is 2.17. The quantitative estimate of drug-likeness (QED) is 0.618. The van der Waals surface area contributed by atoms with Gasteiger partial charge in [0.25, 0.3) is 0 Å². The Morgan fingerprint density at radius 3 is 1.91 bits per heavy atom. The van der Waals surface area contributed by atoms with E-state index < -0.39 is 0 Å². The Bertz CT molecular complexity index is 173. The van der Waals surface area contributed by atoms with Gasteiger partial charge in [-0.1, -0.05) is 20.3 Å². The van der Waals surface area contributed by atoms with Crippen molar-refractivity contribution in [3.63, 3.8) is 0 Å². The van der Waals surface area contributed by atoms with Crippen LogP contribution in [0.15, 0.2) is 0 Å². The fraction of sp³-hybridized carbons (Fsp3) is 0.778. The van der Waals surface area contributed by atoms with E-state index in [1.807, 2.05) is 13.8 Å². The minimum absolute atomic E-state index is 0.0602. The Kier molecular flexibility index (Phi) is 5.21. The summed E-state index contributed by atoms with van der Waals surface area (Å²) in [5.41, 5.74) is 0. The Hall–Kier alpha value is -1.02. The van der Waals surface area contributed by atoms with Crippen molar-refractivity contribution in [3.8, 4) is 12.1 Å². The molecule has 0 saturated heterocycles. The van der Waals surface area contributed by atoms with E-state index in [1.54, 1.807) is 0 Å². The van der Waals surface area contributed by atoms with Gasteiger partial charge in [-0.3, -0.25) is 0 Å². The highest BCUT2D eigenvalue weighted by atomic mass is 14.3. The molecule has 0 aromatic carbocycles. The average Bonchev–Trinajstić information content (AvgIpc) is 2.05. The SMILES string of the molecule is CCCC(C#N)C(C#N)CC. The van der Waals surface area contributed by atoms with Crippen LogP contribution in [0.4, 0.5) is 0 Å². The van der Waals surface area contributed by atoms with Crippen LogP contribution in [-0.4, -0.2) is 0 Å². The Morgan fingerprint density at radius 1 is 1.09 bits per heavy atom. The zero-order valence-corrected chi connectivity index (χ0v) is 7.17. The molecule has 0 spiro atoms. The van der Waals surface area contributed by atoms with Crippen LogP contribution in [0.25, 0.3) is 0 Å². The van der Waals surface area contributed by atoms with Crippen LogP contribution in [0, 0.1) is 34.5 Å². The van der Waals surface area contributed by atoms with E-state index in [0.29, 0.717) is 0 Å². The van der Waals surface area contributed by atoms with Crippen LogP contribution in [0.1, 0.15) is 33.1 Å². The molecule has 0 aromatic heterocycles. The molecule has 0 aromatic rings. The van der Waals surface area contributed by atoms with Crippen LogP contribution < -0.4 is 0 Å². The lowest BCUT2D eigenvalue weighted by molar-refractivity contribution is 0.448. The average molecular weight is 150 g/mol. The van der Waals surface area contributed by atoms with Gasteiger partial charge in [-0.25, -0.2) is 0 Å². The number of hydrogen-bond donors (Lipinski definition) is 0. The summed E-state index contributed by atoms with van der Waals surface area (Å²) in [5, 5.41) is 17.3. The van der Waals surface area contributed by atoms with Crippen LogP contribution in [0.2, 0.25) is 0 Å². The second-order valence-electron chi connectivity index (χ2n) is 2.67. The lowest BCUT2D eigenvalue weighted by Gasteiger charge is -2.10. The summed E-state index contributed by atoms with van der Waals surface area (Å²) in [7, 11) is 0. The Labute approximate surface area is 68.4 Å². The molecule has 2 heteroatoms. The molecular formula is C9H14N2. The zero-order chi connectivity index (χ0) is 8.69. The normalized spacial score (nSPS) is 14.5. The van der Waals surface area contributed by atoms with Gasteiger partial charge in [-0.15, -0.1) is 0 Å². The van der Waals surface area contributed by atoms with Gasteiger partial charge in [0.1, 0.15) is 0 Å². The third-order valence-corrected chi connectivity index (χ3v) is 1.86. The molecule has 0 N–H and O–H groups in total. The van der Waals surface area contributed by atoms with Crippen LogP contribution >= 0.6 is 0 Å². The Morgan fingerprint density at radius 2 is 1.64 bits per heavy atom. The topological polar surface area (TPSA) is 47.6 Å². The van der Waals surface area contributed by atoms with Crippen molar-refractivity contribution in [1.82, 2.24) is 0 Å². The predicted octanol–water partition coefficient (Wildman–Crippen LogP) is 2.48. The molecule has 2 atom stereocenters. The molecular weight excluding hydrogens is 136 g/mol. The van der Waals surface area contributed by atoms with Gasteiger partial charge in [0.15, 0.2) is 0 Å². The maximum atomic E-state index is 8.69. The smallest absolute Gasteiger partial charge is 0.0669 e. The summed E-state index contributed by atoms with van der Waals surface area (Å²) in [4.78, 5) is 0. The summed E-state index contributed by atoms with van der Waals surface area (Å²) in [6.45, 7) is 3.99. The summed E-state index contributed by atoms with van der Waals surface area (Å²) in [5.74, 6) is -0.130. The molecule has 0 amide bonds. The maximum absolute atomic E-state index is 8.69. The van der Waals surface area contributed by atoms with Crippen molar-refractivity contribution < 1.29 is 0 Å². The minimum atomic E-state index is -0.0695. The fourth-order valence-electron chi connectivity index (χ4n) is 1.13. The first kappa shape index (κ1) is 9.98. The maximum Gasteiger partial charge on any atom is 0.0669 e. The summed E-state index contributed by atoms with van der Waals surface area (Å²) >= 11 is 0. The molecule has 0 aliphatic heterocycles. The number of nitrogens with zero attached hydrogens (tertiary/aromatic N) is 2. The first-order valence-electron chi connectivity index (χ1n) is 4.09. The summed E-state index contributed by atoms with van der Waals surface area (Å²) < 4.78 is 0. The van der Waals surface area contributed by atoms with Gasteiger partial charge < -0.3 is 0 Å². The summed E-state index contributed by atoms with van der Waals surface area (Å²) in [6, 6.07) is 4.35. The molecule has 60 valence electrons. The van der Waals surface area contributed by atoms with E-state index in [4.69, 9.17) is 10.5 Å². The predicted molar refractivity (Wildman–Crippen MR) is 43.4 cm³/mol. The van der Waals surface area contributed by atoms with E-state index in [-0.39, 0.29) is 11.8 Å². The highest BCUT2D eigenvalue weighted by molar-refractivity contribution is 4.97. The Balaban J connectivity index is 4.03. The van der Waals surface area contributed by atoms with Crippen LogP contribution in [0.5, 0.6) is 0 Å². The van der Waals surface area contributed by atoms with E-state index in [9.17, 15) is 0 Å². The lowest BCUT2D eigenvalue weighted by atomic mass is 9.89. The third kappa shape index (κ3) is 3.05. The van der Waals surface area contributed by atoms with Crippen molar-refractivity contribution in [2.45, 2.75) is 33.1 Å². The standard InChI is InChI=1S/C9H14N2/c1-3-5-9(7-11)8(4-2)6-10/h8-9H,3-5H2,1-2H3. The van der Waals surface area contributed by atoms with Gasteiger partial charge in [0.2, 0.25) is 0 Å². The monoisotopic (exact) mass is 150 g/mol. The van der Waals surface area contributed by atoms with Crippen LogP contribution in [0.3, 0.4) is 0 Å². The molecule has 0 radical (unpaired) electrons. The molecule has 0 saturated carbocycles. The lowest BCUT2D eigenvalue weighted by Crippen LogP contribution is -2.09. The molecule has 2 unspecified atom stereocenters. The second kappa shape index (κ2) is 5.74. The molecule has 0 aliphatic carbocycles. The third-order valence-electron chi connectivity index (χ3n) is 1.86. The zero-order valence-electron chi connectivity index (χ0n) is 7.17. The highest BCUT2D eigenvalue weighted by Crippen LogP contribution is 2.18. The van der Waals surface area contributed by atoms with Crippen molar-refractivity contribution in [2.75, 3.05) is 0 Å². The number of nitriles is 2. The first-order valence-corrected chi connectivity index (χ1v) is 4.09. The molecule has 0 heterocycles. The van der Waals surface area contributed by atoms with E-state index in [1.165, 1.54) is 0 Å². The first-order chi connectivity index (χ1) is 5.29. The van der Waals surface area contributed by atoms with Crippen LogP contribution in [-0.2, 0) is 0 Å². The van der Waals surface area contributed by atoms with Crippen molar-refractivity contribution in [3.05, 3.63) is 0 Å².